The predicted molar refractivity (Wildman–Crippen MR) is 77.7 cm³/mol. The minimum atomic E-state index is 0.198. The van der Waals surface area contributed by atoms with E-state index in [2.05, 4.69) is 20.3 Å². The number of benzene rings is 1. The molecule has 20 heavy (non-hydrogen) atoms. The smallest absolute Gasteiger partial charge is 0.222 e. The molecular formula is C13H15N7. The van der Waals surface area contributed by atoms with E-state index in [0.29, 0.717) is 5.82 Å². The molecule has 7 nitrogen and oxygen atoms in total. The van der Waals surface area contributed by atoms with Gasteiger partial charge in [-0.15, -0.1) is 5.10 Å². The number of rotatable bonds is 2. The van der Waals surface area contributed by atoms with Gasteiger partial charge in [0.1, 0.15) is 11.3 Å². The van der Waals surface area contributed by atoms with Crippen LogP contribution in [0, 0.1) is 0 Å². The van der Waals surface area contributed by atoms with E-state index in [9.17, 15) is 0 Å². The molecule has 102 valence electrons. The maximum Gasteiger partial charge on any atom is 0.222 e. The van der Waals surface area contributed by atoms with Crippen molar-refractivity contribution in [2.45, 2.75) is 13.3 Å². The number of aromatic nitrogens is 5. The topological polar surface area (TPSA) is 109 Å². The van der Waals surface area contributed by atoms with Gasteiger partial charge in [-0.05, 0) is 24.1 Å². The molecule has 0 aliphatic rings. The summed E-state index contributed by atoms with van der Waals surface area (Å²) in [7, 11) is 1.85. The highest BCUT2D eigenvalue weighted by molar-refractivity contribution is 5.85. The van der Waals surface area contributed by atoms with Gasteiger partial charge in [0.15, 0.2) is 0 Å². The lowest BCUT2D eigenvalue weighted by Gasteiger charge is -2.10. The zero-order chi connectivity index (χ0) is 14.3. The van der Waals surface area contributed by atoms with Gasteiger partial charge in [-0.25, -0.2) is 9.67 Å². The average molecular weight is 269 g/mol. The summed E-state index contributed by atoms with van der Waals surface area (Å²) in [5, 5.41) is 8.11. The van der Waals surface area contributed by atoms with Crippen LogP contribution in [0.2, 0.25) is 0 Å². The number of nitrogens with zero attached hydrogens (tertiary/aromatic N) is 5. The van der Waals surface area contributed by atoms with Gasteiger partial charge >= 0.3 is 0 Å². The number of nitrogens with two attached hydrogens (primary N) is 2. The Morgan fingerprint density at radius 3 is 2.75 bits per heavy atom. The first-order valence-electron chi connectivity index (χ1n) is 6.31. The van der Waals surface area contributed by atoms with Crippen LogP contribution in [0.4, 0.5) is 11.8 Å². The Labute approximate surface area is 115 Å². The van der Waals surface area contributed by atoms with Crippen LogP contribution in [0.3, 0.4) is 0 Å². The first-order chi connectivity index (χ1) is 9.60. The number of aryl methyl sites for hydroxylation is 2. The highest BCUT2D eigenvalue weighted by atomic mass is 15.4. The van der Waals surface area contributed by atoms with E-state index in [0.717, 1.165) is 34.3 Å². The fraction of sp³-hybridized carbons (Fsp3) is 0.231. The summed E-state index contributed by atoms with van der Waals surface area (Å²) >= 11 is 0. The molecule has 2 heterocycles. The summed E-state index contributed by atoms with van der Waals surface area (Å²) in [5.74, 6) is 0.585. The van der Waals surface area contributed by atoms with E-state index in [-0.39, 0.29) is 5.95 Å². The van der Waals surface area contributed by atoms with Crippen LogP contribution in [0.1, 0.15) is 12.6 Å². The molecule has 0 unspecified atom stereocenters. The van der Waals surface area contributed by atoms with Crippen molar-refractivity contribution in [2.75, 3.05) is 11.5 Å². The van der Waals surface area contributed by atoms with Crippen molar-refractivity contribution in [2.24, 2.45) is 7.05 Å². The number of fused-ring (bicyclic) bond motifs is 1. The van der Waals surface area contributed by atoms with E-state index < -0.39 is 0 Å². The molecule has 0 fully saturated rings. The Morgan fingerprint density at radius 2 is 2.00 bits per heavy atom. The molecule has 0 spiro atoms. The first kappa shape index (κ1) is 12.3. The molecule has 0 aliphatic heterocycles. The third kappa shape index (κ3) is 1.83. The molecule has 3 rings (SSSR count). The highest BCUT2D eigenvalue weighted by Crippen LogP contribution is 2.30. The SMILES string of the molecule is CCc1nc(N)nc(N)c1-c1ccc2c(c1)nnn2C. The predicted octanol–water partition coefficient (Wildman–Crippen LogP) is 1.15. The van der Waals surface area contributed by atoms with Gasteiger partial charge in [-0.2, -0.15) is 4.98 Å². The Bertz CT molecular complexity index is 791. The Hall–Kier alpha value is -2.70. The van der Waals surface area contributed by atoms with Gasteiger partial charge in [0.25, 0.3) is 0 Å². The Morgan fingerprint density at radius 1 is 1.20 bits per heavy atom. The molecule has 4 N–H and O–H groups in total. The minimum absolute atomic E-state index is 0.198. The van der Waals surface area contributed by atoms with Crippen molar-refractivity contribution in [3.63, 3.8) is 0 Å². The van der Waals surface area contributed by atoms with Crippen molar-refractivity contribution < 1.29 is 0 Å². The number of anilines is 2. The lowest BCUT2D eigenvalue weighted by Crippen LogP contribution is -2.06. The van der Waals surface area contributed by atoms with E-state index >= 15 is 0 Å². The van der Waals surface area contributed by atoms with Crippen molar-refractivity contribution in [3.05, 3.63) is 23.9 Å². The lowest BCUT2D eigenvalue weighted by atomic mass is 10.0. The summed E-state index contributed by atoms with van der Waals surface area (Å²) in [6.07, 6.45) is 0.727. The molecule has 0 saturated heterocycles. The van der Waals surface area contributed by atoms with Gasteiger partial charge in [0.05, 0.1) is 11.2 Å². The second kappa shape index (κ2) is 4.44. The van der Waals surface area contributed by atoms with Crippen LogP contribution in [0.5, 0.6) is 0 Å². The summed E-state index contributed by atoms with van der Waals surface area (Å²) in [5.41, 5.74) is 16.0. The van der Waals surface area contributed by atoms with E-state index in [1.165, 1.54) is 0 Å². The summed E-state index contributed by atoms with van der Waals surface area (Å²) in [6, 6.07) is 5.86. The standard InChI is InChI=1S/C13H15N7/c1-3-8-11(12(14)17-13(15)16-8)7-4-5-10-9(6-7)18-19-20(10)2/h4-6H,3H2,1-2H3,(H4,14,15,16,17). The molecule has 2 aromatic heterocycles. The largest absolute Gasteiger partial charge is 0.383 e. The normalized spacial score (nSPS) is 11.1. The van der Waals surface area contributed by atoms with E-state index in [4.69, 9.17) is 11.5 Å². The number of nitrogen functional groups attached to an aromatic ring is 2. The molecule has 0 atom stereocenters. The Kier molecular flexibility index (Phi) is 2.74. The molecule has 3 aromatic rings. The minimum Gasteiger partial charge on any atom is -0.383 e. The van der Waals surface area contributed by atoms with Crippen LogP contribution < -0.4 is 11.5 Å². The maximum absolute atomic E-state index is 6.01. The number of hydrogen-bond donors (Lipinski definition) is 2. The lowest BCUT2D eigenvalue weighted by molar-refractivity contribution is 0.736. The molecule has 0 bridgehead atoms. The van der Waals surface area contributed by atoms with Crippen LogP contribution in [0.15, 0.2) is 18.2 Å². The second-order valence-corrected chi connectivity index (χ2v) is 4.56. The van der Waals surface area contributed by atoms with Gasteiger partial charge in [-0.3, -0.25) is 0 Å². The van der Waals surface area contributed by atoms with E-state index in [1.54, 1.807) is 4.68 Å². The highest BCUT2D eigenvalue weighted by Gasteiger charge is 2.13. The third-order valence-corrected chi connectivity index (χ3v) is 3.26. The molecule has 0 amide bonds. The Balaban J connectivity index is 2.24. The zero-order valence-electron chi connectivity index (χ0n) is 11.3. The summed E-state index contributed by atoms with van der Waals surface area (Å²) in [4.78, 5) is 8.31. The first-order valence-corrected chi connectivity index (χ1v) is 6.31. The molecule has 0 saturated carbocycles. The van der Waals surface area contributed by atoms with Gasteiger partial charge < -0.3 is 11.5 Å². The second-order valence-electron chi connectivity index (χ2n) is 4.56. The summed E-state index contributed by atoms with van der Waals surface area (Å²) in [6.45, 7) is 2.01. The molecular weight excluding hydrogens is 254 g/mol. The molecule has 0 aliphatic carbocycles. The number of hydrogen-bond acceptors (Lipinski definition) is 6. The fourth-order valence-electron chi connectivity index (χ4n) is 2.31. The quantitative estimate of drug-likeness (QED) is 0.722. The van der Waals surface area contributed by atoms with Gasteiger partial charge in [0, 0.05) is 12.6 Å². The molecule has 1 aromatic carbocycles. The zero-order valence-corrected chi connectivity index (χ0v) is 11.3. The van der Waals surface area contributed by atoms with Crippen molar-refractivity contribution in [3.8, 4) is 11.1 Å². The fourth-order valence-corrected chi connectivity index (χ4v) is 2.31. The van der Waals surface area contributed by atoms with E-state index in [1.807, 2.05) is 32.2 Å². The van der Waals surface area contributed by atoms with Crippen LogP contribution in [-0.2, 0) is 13.5 Å². The van der Waals surface area contributed by atoms with Crippen molar-refractivity contribution in [1.29, 1.82) is 0 Å². The van der Waals surface area contributed by atoms with Crippen LogP contribution in [0.25, 0.3) is 22.2 Å². The maximum atomic E-state index is 6.01. The van der Waals surface area contributed by atoms with Crippen molar-refractivity contribution >= 4 is 22.8 Å². The van der Waals surface area contributed by atoms with Gasteiger partial charge in [-0.1, -0.05) is 18.2 Å². The molecule has 0 radical (unpaired) electrons. The van der Waals surface area contributed by atoms with Crippen LogP contribution >= 0.6 is 0 Å². The summed E-state index contributed by atoms with van der Waals surface area (Å²) < 4.78 is 1.72. The van der Waals surface area contributed by atoms with Crippen molar-refractivity contribution in [1.82, 2.24) is 25.0 Å². The average Bonchev–Trinajstić information content (AvgIpc) is 2.79. The third-order valence-electron chi connectivity index (χ3n) is 3.26. The molecule has 7 heteroatoms. The van der Waals surface area contributed by atoms with Crippen LogP contribution in [-0.4, -0.2) is 25.0 Å². The monoisotopic (exact) mass is 269 g/mol. The van der Waals surface area contributed by atoms with Gasteiger partial charge in [0.2, 0.25) is 5.95 Å².